The first-order valence-electron chi connectivity index (χ1n) is 5.74. The number of thioether (sulfide) groups is 1. The first-order chi connectivity index (χ1) is 9.69. The maximum Gasteiger partial charge on any atom is 0.270 e. The molecule has 0 aliphatic rings. The highest BCUT2D eigenvalue weighted by atomic mass is 32.2. The number of benzene rings is 1. The monoisotopic (exact) mass is 282 g/mol. The van der Waals surface area contributed by atoms with Gasteiger partial charge in [0.25, 0.3) is 5.56 Å². The van der Waals surface area contributed by atoms with Crippen LogP contribution < -0.4 is 5.56 Å². The van der Waals surface area contributed by atoms with Gasteiger partial charge in [-0.2, -0.15) is 10.5 Å². The average molecular weight is 282 g/mol. The van der Waals surface area contributed by atoms with Gasteiger partial charge in [0.15, 0.2) is 5.16 Å². The van der Waals surface area contributed by atoms with Crippen molar-refractivity contribution >= 4 is 11.8 Å². The van der Waals surface area contributed by atoms with E-state index in [1.807, 2.05) is 6.07 Å². The summed E-state index contributed by atoms with van der Waals surface area (Å²) in [7, 11) is 0. The van der Waals surface area contributed by atoms with Gasteiger partial charge >= 0.3 is 0 Å². The van der Waals surface area contributed by atoms with E-state index in [0.29, 0.717) is 22.8 Å². The summed E-state index contributed by atoms with van der Waals surface area (Å²) >= 11 is 1.30. The van der Waals surface area contributed by atoms with Crippen LogP contribution in [0.25, 0.3) is 11.3 Å². The van der Waals surface area contributed by atoms with Crippen LogP contribution >= 0.6 is 11.8 Å². The molecular formula is C14H10N4OS. The van der Waals surface area contributed by atoms with Crippen LogP contribution in [0.4, 0.5) is 0 Å². The van der Waals surface area contributed by atoms with Crippen LogP contribution in [0, 0.1) is 22.7 Å². The molecule has 0 bridgehead atoms. The molecule has 0 saturated carbocycles. The molecule has 2 rings (SSSR count). The molecule has 0 unspecified atom stereocenters. The number of nitrogens with zero attached hydrogens (tertiary/aromatic N) is 3. The van der Waals surface area contributed by atoms with Crippen molar-refractivity contribution in [3.8, 4) is 23.4 Å². The Hall–Kier alpha value is -2.57. The molecule has 2 aromatic rings. The van der Waals surface area contributed by atoms with Crippen LogP contribution in [0.2, 0.25) is 0 Å². The second kappa shape index (κ2) is 6.05. The topological polar surface area (TPSA) is 93.3 Å². The van der Waals surface area contributed by atoms with Gasteiger partial charge in [0.2, 0.25) is 0 Å². The number of H-pyrrole nitrogens is 1. The Balaban J connectivity index is 2.57. The maximum absolute atomic E-state index is 11.8. The number of aromatic nitrogens is 2. The lowest BCUT2D eigenvalue weighted by Gasteiger charge is -2.05. The highest BCUT2D eigenvalue weighted by Gasteiger charge is 2.12. The van der Waals surface area contributed by atoms with Gasteiger partial charge in [-0.05, 0) is 11.8 Å². The summed E-state index contributed by atoms with van der Waals surface area (Å²) in [5.41, 5.74) is 1.48. The summed E-state index contributed by atoms with van der Waals surface area (Å²) in [6.07, 6.45) is 2.12. The Kier molecular flexibility index (Phi) is 4.19. The molecule has 1 aromatic carbocycles. The zero-order valence-electron chi connectivity index (χ0n) is 10.7. The van der Waals surface area contributed by atoms with Crippen molar-refractivity contribution in [2.45, 2.75) is 11.6 Å². The third kappa shape index (κ3) is 2.71. The molecule has 0 atom stereocenters. The molecule has 98 valence electrons. The van der Waals surface area contributed by atoms with E-state index in [1.54, 1.807) is 30.5 Å². The second-order valence-electron chi connectivity index (χ2n) is 3.94. The summed E-state index contributed by atoms with van der Waals surface area (Å²) in [6.45, 7) is 0. The van der Waals surface area contributed by atoms with Crippen LogP contribution in [0.3, 0.4) is 0 Å². The Morgan fingerprint density at radius 3 is 2.55 bits per heavy atom. The summed E-state index contributed by atoms with van der Waals surface area (Å²) < 4.78 is 0. The molecule has 0 amide bonds. The van der Waals surface area contributed by atoms with E-state index in [9.17, 15) is 4.79 Å². The molecular weight excluding hydrogens is 272 g/mol. The van der Waals surface area contributed by atoms with Crippen molar-refractivity contribution in [1.29, 1.82) is 10.5 Å². The van der Waals surface area contributed by atoms with Crippen LogP contribution in [0.5, 0.6) is 0 Å². The Morgan fingerprint density at radius 2 is 2.00 bits per heavy atom. The zero-order valence-corrected chi connectivity index (χ0v) is 11.5. The van der Waals surface area contributed by atoms with Gasteiger partial charge in [-0.1, -0.05) is 36.0 Å². The smallest absolute Gasteiger partial charge is 0.270 e. The van der Waals surface area contributed by atoms with E-state index in [4.69, 9.17) is 10.5 Å². The molecule has 1 N–H and O–H groups in total. The summed E-state index contributed by atoms with van der Waals surface area (Å²) in [5.74, 6) is 0. The Labute approximate surface area is 119 Å². The third-order valence-electron chi connectivity index (χ3n) is 2.71. The lowest BCUT2D eigenvalue weighted by atomic mass is 10.0. The van der Waals surface area contributed by atoms with Crippen LogP contribution in [-0.4, -0.2) is 16.2 Å². The first-order valence-corrected chi connectivity index (χ1v) is 6.96. The van der Waals surface area contributed by atoms with Gasteiger partial charge in [0.05, 0.1) is 18.2 Å². The molecule has 6 heteroatoms. The molecule has 0 radical (unpaired) electrons. The quantitative estimate of drug-likeness (QED) is 0.687. The number of rotatable bonds is 3. The number of hydrogen-bond acceptors (Lipinski definition) is 5. The lowest BCUT2D eigenvalue weighted by Crippen LogP contribution is -2.14. The standard InChI is InChI=1S/C14H10N4OS/c1-20-14-17-12(11(8-16)13(19)18-14)10-4-2-9(3-5-10)6-7-15/h2-5H,6H2,1H3,(H,17,18,19). The van der Waals surface area contributed by atoms with Crippen molar-refractivity contribution in [2.24, 2.45) is 0 Å². The largest absolute Gasteiger partial charge is 0.300 e. The maximum atomic E-state index is 11.8. The SMILES string of the molecule is CSc1nc(-c2ccc(CC#N)cc2)c(C#N)c(=O)[nH]1. The predicted octanol–water partition coefficient (Wildman–Crippen LogP) is 2.10. The molecule has 0 saturated heterocycles. The van der Waals surface area contributed by atoms with Gasteiger partial charge in [-0.25, -0.2) is 4.98 Å². The fourth-order valence-electron chi connectivity index (χ4n) is 1.73. The number of hydrogen-bond donors (Lipinski definition) is 1. The summed E-state index contributed by atoms with van der Waals surface area (Å²) in [6, 6.07) is 11.1. The van der Waals surface area contributed by atoms with Gasteiger partial charge in [-0.3, -0.25) is 4.79 Å². The number of nitrogens with one attached hydrogen (secondary N) is 1. The van der Waals surface area contributed by atoms with Crippen LogP contribution in [0.1, 0.15) is 11.1 Å². The molecule has 1 aromatic heterocycles. The average Bonchev–Trinajstić information content (AvgIpc) is 2.47. The van der Waals surface area contributed by atoms with Gasteiger partial charge in [-0.15, -0.1) is 0 Å². The van der Waals surface area contributed by atoms with E-state index < -0.39 is 5.56 Å². The van der Waals surface area contributed by atoms with E-state index in [2.05, 4.69) is 16.0 Å². The minimum Gasteiger partial charge on any atom is -0.300 e. The van der Waals surface area contributed by atoms with Gasteiger partial charge in [0, 0.05) is 5.56 Å². The van der Waals surface area contributed by atoms with Gasteiger partial charge in [0.1, 0.15) is 11.6 Å². The van der Waals surface area contributed by atoms with E-state index >= 15 is 0 Å². The van der Waals surface area contributed by atoms with Crippen LogP contribution in [-0.2, 0) is 6.42 Å². The lowest BCUT2D eigenvalue weighted by molar-refractivity contribution is 0.937. The van der Waals surface area contributed by atoms with Crippen molar-refractivity contribution in [3.05, 3.63) is 45.7 Å². The Morgan fingerprint density at radius 1 is 1.30 bits per heavy atom. The van der Waals surface area contributed by atoms with Crippen molar-refractivity contribution < 1.29 is 0 Å². The summed E-state index contributed by atoms with van der Waals surface area (Å²) in [5, 5.41) is 18.2. The van der Waals surface area contributed by atoms with Crippen LogP contribution in [0.15, 0.2) is 34.2 Å². The molecule has 1 heterocycles. The highest BCUT2D eigenvalue weighted by Crippen LogP contribution is 2.21. The molecule has 0 fully saturated rings. The van der Waals surface area contributed by atoms with Crippen molar-refractivity contribution in [2.75, 3.05) is 6.26 Å². The molecule has 0 aliphatic heterocycles. The molecule has 5 nitrogen and oxygen atoms in total. The fourth-order valence-corrected chi connectivity index (χ4v) is 2.11. The second-order valence-corrected chi connectivity index (χ2v) is 4.74. The molecule has 0 spiro atoms. The summed E-state index contributed by atoms with van der Waals surface area (Å²) in [4.78, 5) is 18.7. The zero-order chi connectivity index (χ0) is 14.5. The van der Waals surface area contributed by atoms with Gasteiger partial charge < -0.3 is 4.98 Å². The first kappa shape index (κ1) is 13.9. The van der Waals surface area contributed by atoms with E-state index in [0.717, 1.165) is 5.56 Å². The normalized spacial score (nSPS) is 9.75. The number of aromatic amines is 1. The Bertz CT molecular complexity index is 766. The minimum atomic E-state index is -0.442. The number of nitriles is 2. The third-order valence-corrected chi connectivity index (χ3v) is 3.29. The van der Waals surface area contributed by atoms with E-state index in [1.165, 1.54) is 11.8 Å². The molecule has 0 aliphatic carbocycles. The minimum absolute atomic E-state index is 0.00386. The molecule has 20 heavy (non-hydrogen) atoms. The fraction of sp³-hybridized carbons (Fsp3) is 0.143. The van der Waals surface area contributed by atoms with E-state index in [-0.39, 0.29) is 5.56 Å². The highest BCUT2D eigenvalue weighted by molar-refractivity contribution is 7.98. The van der Waals surface area contributed by atoms with Crippen molar-refractivity contribution in [3.63, 3.8) is 0 Å². The predicted molar refractivity (Wildman–Crippen MR) is 76.1 cm³/mol. The van der Waals surface area contributed by atoms with Crippen molar-refractivity contribution in [1.82, 2.24) is 9.97 Å².